The average Bonchev–Trinajstić information content (AvgIpc) is 3.46. The fourth-order valence-corrected chi connectivity index (χ4v) is 4.12. The van der Waals surface area contributed by atoms with Crippen LogP contribution in [0.4, 0.5) is 19.3 Å². The number of piperazine rings is 1. The molecule has 14 heteroatoms. The molecule has 1 aliphatic heterocycles. The third-order valence-electron chi connectivity index (χ3n) is 6.13. The molecule has 1 atom stereocenters. The lowest BCUT2D eigenvalue weighted by molar-refractivity contribution is -0.136. The van der Waals surface area contributed by atoms with Crippen molar-refractivity contribution in [1.29, 1.82) is 0 Å². The van der Waals surface area contributed by atoms with Gasteiger partial charge in [0, 0.05) is 38.1 Å². The van der Waals surface area contributed by atoms with Crippen LogP contribution in [-0.2, 0) is 9.53 Å². The quantitative estimate of drug-likeness (QED) is 0.531. The van der Waals surface area contributed by atoms with Crippen molar-refractivity contribution >= 4 is 29.2 Å². The van der Waals surface area contributed by atoms with Gasteiger partial charge in [-0.25, -0.2) is 23.1 Å². The van der Waals surface area contributed by atoms with Crippen molar-refractivity contribution in [1.82, 2.24) is 34.2 Å². The molecule has 3 amide bonds. The molecule has 1 aliphatic rings. The minimum Gasteiger partial charge on any atom is -0.450 e. The lowest BCUT2D eigenvalue weighted by Gasteiger charge is -2.35. The van der Waals surface area contributed by atoms with Crippen LogP contribution in [0.1, 0.15) is 53.8 Å². The number of carbonyl (C=O) groups is 3. The number of aryl methyl sites for hydroxylation is 2. The Kier molecular flexibility index (Phi) is 7.36. The average molecular weight is 519 g/mol. The molecule has 1 fully saturated rings. The summed E-state index contributed by atoms with van der Waals surface area (Å²) in [5.74, 6) is -0.768. The molecule has 1 unspecified atom stereocenters. The number of nitrogens with one attached hydrogen (secondary N) is 1. The number of hydrogen-bond donors (Lipinski definition) is 1. The van der Waals surface area contributed by atoms with Crippen LogP contribution in [0.2, 0.25) is 0 Å². The normalized spacial score (nSPS) is 14.8. The van der Waals surface area contributed by atoms with Gasteiger partial charge in [0.05, 0.1) is 24.2 Å². The van der Waals surface area contributed by atoms with E-state index in [1.165, 1.54) is 16.9 Å². The second kappa shape index (κ2) is 10.5. The number of alkyl halides is 2. The predicted octanol–water partition coefficient (Wildman–Crippen LogP) is 2.59. The highest BCUT2D eigenvalue weighted by Gasteiger charge is 2.29. The van der Waals surface area contributed by atoms with E-state index in [-0.39, 0.29) is 29.4 Å². The Labute approximate surface area is 211 Å². The van der Waals surface area contributed by atoms with Crippen LogP contribution in [0.15, 0.2) is 18.5 Å². The van der Waals surface area contributed by atoms with Crippen LogP contribution >= 0.6 is 0 Å². The number of rotatable bonds is 6. The molecule has 0 saturated carbocycles. The van der Waals surface area contributed by atoms with E-state index in [1.807, 2.05) is 0 Å². The molecule has 0 spiro atoms. The molecule has 198 valence electrons. The number of hydrogen-bond acceptors (Lipinski definition) is 7. The molecule has 3 aromatic heterocycles. The topological polar surface area (TPSA) is 127 Å². The Morgan fingerprint density at radius 3 is 2.46 bits per heavy atom. The van der Waals surface area contributed by atoms with E-state index in [0.29, 0.717) is 43.3 Å². The number of halogens is 2. The lowest BCUT2D eigenvalue weighted by atomic mass is 10.2. The van der Waals surface area contributed by atoms with Crippen LogP contribution in [-0.4, -0.2) is 84.9 Å². The zero-order valence-electron chi connectivity index (χ0n) is 20.9. The number of amides is 3. The van der Waals surface area contributed by atoms with Crippen LogP contribution < -0.4 is 5.32 Å². The number of aromatic nitrogens is 5. The summed E-state index contributed by atoms with van der Waals surface area (Å²) in [6, 6.07) is 0.559. The summed E-state index contributed by atoms with van der Waals surface area (Å²) in [6.45, 7) is 8.44. The van der Waals surface area contributed by atoms with Gasteiger partial charge < -0.3 is 19.9 Å². The zero-order valence-corrected chi connectivity index (χ0v) is 20.9. The maximum absolute atomic E-state index is 13.4. The predicted molar refractivity (Wildman–Crippen MR) is 127 cm³/mol. The van der Waals surface area contributed by atoms with Gasteiger partial charge in [-0.3, -0.25) is 14.3 Å². The molecular formula is C23H28F2N8O4. The summed E-state index contributed by atoms with van der Waals surface area (Å²) in [5.41, 5.74) is 0.842. The zero-order chi connectivity index (χ0) is 26.9. The molecule has 0 aliphatic carbocycles. The Balaban J connectivity index is 1.45. The van der Waals surface area contributed by atoms with Gasteiger partial charge in [-0.05, 0) is 33.8 Å². The largest absolute Gasteiger partial charge is 0.450 e. The van der Waals surface area contributed by atoms with E-state index in [0.717, 1.165) is 4.52 Å². The summed E-state index contributed by atoms with van der Waals surface area (Å²) in [5, 5.41) is 11.0. The Hall–Kier alpha value is -4.10. The first-order valence-corrected chi connectivity index (χ1v) is 11.8. The fraction of sp³-hybridized carbons (Fsp3) is 0.478. The molecule has 1 N–H and O–H groups in total. The second-order valence-electron chi connectivity index (χ2n) is 8.67. The van der Waals surface area contributed by atoms with Crippen molar-refractivity contribution in [3.8, 4) is 0 Å². The third-order valence-corrected chi connectivity index (χ3v) is 6.13. The van der Waals surface area contributed by atoms with Crippen molar-refractivity contribution in [3.63, 3.8) is 0 Å². The smallest absolute Gasteiger partial charge is 0.409 e. The number of nitrogens with zero attached hydrogens (tertiary/aromatic N) is 7. The fourth-order valence-electron chi connectivity index (χ4n) is 4.12. The molecule has 4 rings (SSSR count). The van der Waals surface area contributed by atoms with Gasteiger partial charge in [0.25, 0.3) is 12.3 Å². The maximum Gasteiger partial charge on any atom is 0.409 e. The van der Waals surface area contributed by atoms with Gasteiger partial charge in [0.2, 0.25) is 5.91 Å². The SMILES string of the molecule is CCOC(=O)N1CCN(C(=O)C(C)n2cc(NC(=O)c3cnn4c(C(F)F)cc(C)nc34)c(C)n2)CC1. The monoisotopic (exact) mass is 518 g/mol. The van der Waals surface area contributed by atoms with Gasteiger partial charge >= 0.3 is 6.09 Å². The first kappa shape index (κ1) is 26.0. The molecule has 1 saturated heterocycles. The van der Waals surface area contributed by atoms with Gasteiger partial charge in [0.1, 0.15) is 17.3 Å². The third kappa shape index (κ3) is 5.22. The van der Waals surface area contributed by atoms with Crippen molar-refractivity contribution < 1.29 is 27.9 Å². The van der Waals surface area contributed by atoms with Crippen molar-refractivity contribution in [2.45, 2.75) is 40.2 Å². The standard InChI is InChI=1S/C23H28F2N8O4/c1-5-37-23(36)31-8-6-30(7-9-31)22(35)15(4)32-12-17(14(3)29-32)28-21(34)16-11-26-33-18(19(24)25)10-13(2)27-20(16)33/h10-12,15,19H,5-9H2,1-4H3,(H,28,34). The Morgan fingerprint density at radius 2 is 1.81 bits per heavy atom. The van der Waals surface area contributed by atoms with Gasteiger partial charge in [-0.15, -0.1) is 0 Å². The van der Waals surface area contributed by atoms with E-state index in [1.54, 1.807) is 43.7 Å². The van der Waals surface area contributed by atoms with E-state index in [9.17, 15) is 23.2 Å². The minimum absolute atomic E-state index is 0.0170. The Bertz CT molecular complexity index is 1330. The highest BCUT2D eigenvalue weighted by Crippen LogP contribution is 2.23. The first-order chi connectivity index (χ1) is 17.6. The number of fused-ring (bicyclic) bond motifs is 1. The summed E-state index contributed by atoms with van der Waals surface area (Å²) in [6.07, 6.45) is -0.454. The highest BCUT2D eigenvalue weighted by molar-refractivity contribution is 6.08. The van der Waals surface area contributed by atoms with Crippen molar-refractivity contribution in [2.24, 2.45) is 0 Å². The van der Waals surface area contributed by atoms with Crippen molar-refractivity contribution in [2.75, 3.05) is 38.1 Å². The molecule has 12 nitrogen and oxygen atoms in total. The van der Waals surface area contributed by atoms with E-state index in [4.69, 9.17) is 4.74 Å². The number of ether oxygens (including phenoxy) is 1. The van der Waals surface area contributed by atoms with E-state index >= 15 is 0 Å². The molecule has 37 heavy (non-hydrogen) atoms. The summed E-state index contributed by atoms with van der Waals surface area (Å²) >= 11 is 0. The summed E-state index contributed by atoms with van der Waals surface area (Å²) < 4.78 is 34.2. The second-order valence-corrected chi connectivity index (χ2v) is 8.67. The molecular weight excluding hydrogens is 490 g/mol. The van der Waals surface area contributed by atoms with Crippen LogP contribution in [0, 0.1) is 13.8 Å². The first-order valence-electron chi connectivity index (χ1n) is 11.8. The molecule has 0 radical (unpaired) electrons. The van der Waals surface area contributed by atoms with Crippen LogP contribution in [0.25, 0.3) is 5.65 Å². The van der Waals surface area contributed by atoms with E-state index < -0.39 is 24.5 Å². The maximum atomic E-state index is 13.4. The van der Waals surface area contributed by atoms with Crippen molar-refractivity contribution in [3.05, 3.63) is 41.1 Å². The summed E-state index contributed by atoms with van der Waals surface area (Å²) in [4.78, 5) is 45.3. The Morgan fingerprint density at radius 1 is 1.14 bits per heavy atom. The molecule has 4 heterocycles. The molecule has 0 bridgehead atoms. The highest BCUT2D eigenvalue weighted by atomic mass is 19.3. The van der Waals surface area contributed by atoms with Gasteiger partial charge in [-0.2, -0.15) is 10.2 Å². The summed E-state index contributed by atoms with van der Waals surface area (Å²) in [7, 11) is 0. The van der Waals surface area contributed by atoms with E-state index in [2.05, 4.69) is 20.5 Å². The van der Waals surface area contributed by atoms with Gasteiger partial charge in [0.15, 0.2) is 5.65 Å². The van der Waals surface area contributed by atoms with Gasteiger partial charge in [-0.1, -0.05) is 0 Å². The number of carbonyl (C=O) groups excluding carboxylic acids is 3. The minimum atomic E-state index is -2.78. The molecule has 0 aromatic carbocycles. The van der Waals surface area contributed by atoms with Crippen LogP contribution in [0.5, 0.6) is 0 Å². The number of anilines is 1. The lowest BCUT2D eigenvalue weighted by Crippen LogP contribution is -2.52. The van der Waals surface area contributed by atoms with Crippen LogP contribution in [0.3, 0.4) is 0 Å². The molecule has 3 aromatic rings.